The van der Waals surface area contributed by atoms with Crippen LogP contribution in [0.15, 0.2) is 0 Å². The third-order valence-electron chi connectivity index (χ3n) is 5.71. The molecule has 4 rings (SSSR count). The van der Waals surface area contributed by atoms with E-state index in [4.69, 9.17) is 0 Å². The summed E-state index contributed by atoms with van der Waals surface area (Å²) in [5, 5.41) is 0. The molecule has 4 aliphatic rings. The van der Waals surface area contributed by atoms with Crippen molar-refractivity contribution in [3.63, 3.8) is 0 Å². The highest BCUT2D eigenvalue weighted by Gasteiger charge is 2.55. The van der Waals surface area contributed by atoms with Crippen LogP contribution in [0.25, 0.3) is 0 Å². The zero-order valence-corrected chi connectivity index (χ0v) is 11.4. The Hall–Kier alpha value is -0.370. The lowest BCUT2D eigenvalue weighted by Gasteiger charge is -2.56. The minimum Gasteiger partial charge on any atom is -0.300 e. The number of carbonyl (C=O) groups excluding carboxylic acids is 1. The fraction of sp³-hybridized carbons (Fsp3) is 0.933. The van der Waals surface area contributed by atoms with Gasteiger partial charge < -0.3 is 0 Å². The van der Waals surface area contributed by atoms with Crippen LogP contribution in [-0.2, 0) is 4.79 Å². The monoisotopic (exact) mass is 235 g/mol. The van der Waals surface area contributed by atoms with E-state index in [-0.39, 0.29) is 11.5 Å². The van der Waals surface area contributed by atoms with Crippen molar-refractivity contribution in [2.45, 2.75) is 51.5 Å². The maximum Gasteiger partial charge on any atom is 0.155 e. The lowest BCUT2D eigenvalue weighted by atomic mass is 9.48. The third kappa shape index (κ3) is 1.76. The van der Waals surface area contributed by atoms with Crippen LogP contribution in [-0.4, -0.2) is 30.8 Å². The maximum absolute atomic E-state index is 12.8. The Morgan fingerprint density at radius 1 is 1.06 bits per heavy atom. The summed E-state index contributed by atoms with van der Waals surface area (Å²) in [6.45, 7) is 2.08. The predicted molar refractivity (Wildman–Crippen MR) is 68.8 cm³/mol. The number of hydrogen-bond donors (Lipinski definition) is 0. The molecule has 0 amide bonds. The topological polar surface area (TPSA) is 20.3 Å². The standard InChI is InChI=1S/C15H25NO/c1-10(16(2)3)14(17)15-7-11-4-12(8-15)6-13(5-11)9-15/h10-13H,4-9H2,1-3H3. The Balaban J connectivity index is 1.84. The van der Waals surface area contributed by atoms with Gasteiger partial charge in [-0.2, -0.15) is 0 Å². The van der Waals surface area contributed by atoms with Gasteiger partial charge >= 0.3 is 0 Å². The summed E-state index contributed by atoms with van der Waals surface area (Å²) >= 11 is 0. The SMILES string of the molecule is CC(C(=O)C12CC3CC(CC(C3)C1)C2)N(C)C. The summed E-state index contributed by atoms with van der Waals surface area (Å²) in [4.78, 5) is 14.9. The van der Waals surface area contributed by atoms with Gasteiger partial charge in [0.25, 0.3) is 0 Å². The van der Waals surface area contributed by atoms with Gasteiger partial charge in [0.15, 0.2) is 5.78 Å². The molecule has 1 atom stereocenters. The van der Waals surface area contributed by atoms with E-state index in [0.717, 1.165) is 17.8 Å². The van der Waals surface area contributed by atoms with Crippen LogP contribution >= 0.6 is 0 Å². The van der Waals surface area contributed by atoms with E-state index in [2.05, 4.69) is 11.8 Å². The van der Waals surface area contributed by atoms with Gasteiger partial charge in [-0.25, -0.2) is 0 Å². The number of rotatable bonds is 3. The molecule has 1 unspecified atom stereocenters. The molecule has 96 valence electrons. The first-order valence-corrected chi connectivity index (χ1v) is 7.21. The average molecular weight is 235 g/mol. The van der Waals surface area contributed by atoms with Gasteiger partial charge in [0.05, 0.1) is 6.04 Å². The number of hydrogen-bond acceptors (Lipinski definition) is 2. The summed E-state index contributed by atoms with van der Waals surface area (Å²) in [6, 6.07) is 0.103. The van der Waals surface area contributed by atoms with Crippen molar-refractivity contribution < 1.29 is 4.79 Å². The highest BCUT2D eigenvalue weighted by atomic mass is 16.1. The molecule has 0 aromatic carbocycles. The van der Waals surface area contributed by atoms with Crippen LogP contribution in [0.2, 0.25) is 0 Å². The van der Waals surface area contributed by atoms with Crippen LogP contribution in [0.4, 0.5) is 0 Å². The highest BCUT2D eigenvalue weighted by Crippen LogP contribution is 2.60. The third-order valence-corrected chi connectivity index (χ3v) is 5.71. The molecule has 4 saturated carbocycles. The molecule has 2 heteroatoms. The second kappa shape index (κ2) is 3.81. The largest absolute Gasteiger partial charge is 0.300 e. The normalized spacial score (nSPS) is 45.3. The molecule has 0 radical (unpaired) electrons. The molecule has 17 heavy (non-hydrogen) atoms. The first-order valence-electron chi connectivity index (χ1n) is 7.21. The zero-order valence-electron chi connectivity index (χ0n) is 11.4. The molecule has 0 aromatic heterocycles. The summed E-state index contributed by atoms with van der Waals surface area (Å²) in [5.41, 5.74) is 0.0818. The van der Waals surface area contributed by atoms with E-state index in [0.29, 0.717) is 5.78 Å². The molecule has 4 fully saturated rings. The molecular weight excluding hydrogens is 210 g/mol. The first kappa shape index (κ1) is 11.7. The highest BCUT2D eigenvalue weighted by molar-refractivity contribution is 5.89. The van der Waals surface area contributed by atoms with E-state index in [1.54, 1.807) is 0 Å². The Morgan fingerprint density at radius 2 is 1.47 bits per heavy atom. The van der Waals surface area contributed by atoms with Gasteiger partial charge in [0.1, 0.15) is 0 Å². The predicted octanol–water partition coefficient (Wildman–Crippen LogP) is 2.72. The summed E-state index contributed by atoms with van der Waals surface area (Å²) in [7, 11) is 4.06. The lowest BCUT2D eigenvalue weighted by molar-refractivity contribution is -0.148. The summed E-state index contributed by atoms with van der Waals surface area (Å²) in [5.74, 6) is 3.17. The van der Waals surface area contributed by atoms with Crippen molar-refractivity contribution in [1.82, 2.24) is 4.90 Å². The van der Waals surface area contributed by atoms with E-state index in [1.165, 1.54) is 38.5 Å². The number of Topliss-reactive ketones (excluding diaryl/α,β-unsaturated/α-hetero) is 1. The van der Waals surface area contributed by atoms with E-state index < -0.39 is 0 Å². The van der Waals surface area contributed by atoms with Crippen LogP contribution in [0.3, 0.4) is 0 Å². The first-order chi connectivity index (χ1) is 8.00. The molecule has 4 aliphatic carbocycles. The summed E-state index contributed by atoms with van der Waals surface area (Å²) in [6.07, 6.45) is 7.87. The van der Waals surface area contributed by atoms with Crippen molar-refractivity contribution in [1.29, 1.82) is 0 Å². The van der Waals surface area contributed by atoms with Crippen LogP contribution in [0.5, 0.6) is 0 Å². The molecule has 0 N–H and O–H groups in total. The summed E-state index contributed by atoms with van der Waals surface area (Å²) < 4.78 is 0. The smallest absolute Gasteiger partial charge is 0.155 e. The number of ketones is 1. The van der Waals surface area contributed by atoms with Gasteiger partial charge in [0, 0.05) is 5.41 Å². The fourth-order valence-corrected chi connectivity index (χ4v) is 5.09. The Bertz CT molecular complexity index is 299. The Kier molecular flexibility index (Phi) is 2.62. The van der Waals surface area contributed by atoms with Gasteiger partial charge in [-0.1, -0.05) is 0 Å². The van der Waals surface area contributed by atoms with Crippen molar-refractivity contribution >= 4 is 5.78 Å². The second-order valence-corrected chi connectivity index (χ2v) is 7.20. The van der Waals surface area contributed by atoms with Gasteiger partial charge in [0.2, 0.25) is 0 Å². The minimum atomic E-state index is 0.0818. The number of nitrogens with zero attached hydrogens (tertiary/aromatic N) is 1. The molecule has 4 bridgehead atoms. The maximum atomic E-state index is 12.8. The molecule has 2 nitrogen and oxygen atoms in total. The molecule has 0 aromatic rings. The minimum absolute atomic E-state index is 0.0818. The number of carbonyl (C=O) groups is 1. The van der Waals surface area contributed by atoms with Crippen molar-refractivity contribution in [3.8, 4) is 0 Å². The Labute approximate surface area is 105 Å². The van der Waals surface area contributed by atoms with Gasteiger partial charge in [-0.3, -0.25) is 9.69 Å². The molecular formula is C15H25NO. The fourth-order valence-electron chi connectivity index (χ4n) is 5.09. The van der Waals surface area contributed by atoms with E-state index in [1.807, 2.05) is 14.1 Å². The Morgan fingerprint density at radius 3 is 1.82 bits per heavy atom. The van der Waals surface area contributed by atoms with E-state index >= 15 is 0 Å². The van der Waals surface area contributed by atoms with Crippen LogP contribution in [0, 0.1) is 23.2 Å². The second-order valence-electron chi connectivity index (χ2n) is 7.20. The van der Waals surface area contributed by atoms with E-state index in [9.17, 15) is 4.79 Å². The zero-order chi connectivity index (χ0) is 12.2. The molecule has 0 aliphatic heterocycles. The molecule has 0 spiro atoms. The van der Waals surface area contributed by atoms with Crippen LogP contribution < -0.4 is 0 Å². The number of likely N-dealkylation sites (N-methyl/N-ethyl adjacent to an activating group) is 1. The van der Waals surface area contributed by atoms with Gasteiger partial charge in [-0.15, -0.1) is 0 Å². The van der Waals surface area contributed by atoms with Gasteiger partial charge in [-0.05, 0) is 77.3 Å². The quantitative estimate of drug-likeness (QED) is 0.749. The lowest BCUT2D eigenvalue weighted by Crippen LogP contribution is -2.54. The molecule has 0 heterocycles. The van der Waals surface area contributed by atoms with Crippen LogP contribution in [0.1, 0.15) is 45.4 Å². The average Bonchev–Trinajstić information content (AvgIpc) is 2.25. The van der Waals surface area contributed by atoms with Crippen molar-refractivity contribution in [2.24, 2.45) is 23.2 Å². The molecule has 0 saturated heterocycles. The van der Waals surface area contributed by atoms with Crippen molar-refractivity contribution in [2.75, 3.05) is 14.1 Å². The van der Waals surface area contributed by atoms with Crippen molar-refractivity contribution in [3.05, 3.63) is 0 Å².